The zero-order chi connectivity index (χ0) is 14.9. The fourth-order valence-corrected chi connectivity index (χ4v) is 2.34. The highest BCUT2D eigenvalue weighted by molar-refractivity contribution is 5.97. The predicted octanol–water partition coefficient (Wildman–Crippen LogP) is 1.96. The SMILES string of the molecule is CCOCCOc1ccccc1C(=O)N1CCCNCC1.Cl. The molecule has 124 valence electrons. The molecular weight excluding hydrogens is 304 g/mol. The molecule has 1 aliphatic heterocycles. The van der Waals surface area contributed by atoms with E-state index in [1.165, 1.54) is 0 Å². The molecule has 1 fully saturated rings. The van der Waals surface area contributed by atoms with Crippen LogP contribution in [0.4, 0.5) is 0 Å². The van der Waals surface area contributed by atoms with Crippen LogP contribution in [0.15, 0.2) is 24.3 Å². The number of rotatable bonds is 6. The fourth-order valence-electron chi connectivity index (χ4n) is 2.34. The van der Waals surface area contributed by atoms with Gasteiger partial charge >= 0.3 is 0 Å². The summed E-state index contributed by atoms with van der Waals surface area (Å²) in [5, 5.41) is 3.30. The Balaban J connectivity index is 0.00000242. The van der Waals surface area contributed by atoms with Crippen LogP contribution in [-0.4, -0.2) is 56.8 Å². The largest absolute Gasteiger partial charge is 0.490 e. The minimum Gasteiger partial charge on any atom is -0.490 e. The van der Waals surface area contributed by atoms with Crippen molar-refractivity contribution >= 4 is 18.3 Å². The number of nitrogens with zero attached hydrogens (tertiary/aromatic N) is 1. The van der Waals surface area contributed by atoms with Crippen molar-refractivity contribution in [1.82, 2.24) is 10.2 Å². The maximum atomic E-state index is 12.6. The van der Waals surface area contributed by atoms with Crippen LogP contribution < -0.4 is 10.1 Å². The third-order valence-corrected chi connectivity index (χ3v) is 3.43. The van der Waals surface area contributed by atoms with Gasteiger partial charge in [-0.3, -0.25) is 4.79 Å². The van der Waals surface area contributed by atoms with Gasteiger partial charge in [0.05, 0.1) is 12.2 Å². The number of para-hydroxylation sites is 1. The van der Waals surface area contributed by atoms with Crippen molar-refractivity contribution in [3.63, 3.8) is 0 Å². The van der Waals surface area contributed by atoms with Gasteiger partial charge in [-0.15, -0.1) is 12.4 Å². The van der Waals surface area contributed by atoms with E-state index in [1.807, 2.05) is 36.1 Å². The average Bonchev–Trinajstić information content (AvgIpc) is 2.80. The van der Waals surface area contributed by atoms with E-state index in [-0.39, 0.29) is 18.3 Å². The molecule has 2 rings (SSSR count). The summed E-state index contributed by atoms with van der Waals surface area (Å²) < 4.78 is 11.0. The second-order valence-electron chi connectivity index (χ2n) is 4.94. The number of amides is 1. The van der Waals surface area contributed by atoms with E-state index in [9.17, 15) is 4.79 Å². The third kappa shape index (κ3) is 5.48. The van der Waals surface area contributed by atoms with Gasteiger partial charge in [0.25, 0.3) is 5.91 Å². The van der Waals surface area contributed by atoms with Crippen LogP contribution in [0.2, 0.25) is 0 Å². The Labute approximate surface area is 138 Å². The zero-order valence-electron chi connectivity index (χ0n) is 13.0. The molecule has 0 bridgehead atoms. The molecule has 1 aromatic rings. The minimum absolute atomic E-state index is 0. The molecule has 0 radical (unpaired) electrons. The Hall–Kier alpha value is -1.30. The highest BCUT2D eigenvalue weighted by Gasteiger charge is 2.20. The van der Waals surface area contributed by atoms with Crippen molar-refractivity contribution in [2.75, 3.05) is 46.0 Å². The van der Waals surface area contributed by atoms with Gasteiger partial charge in [-0.25, -0.2) is 0 Å². The molecule has 5 nitrogen and oxygen atoms in total. The molecule has 0 aromatic heterocycles. The van der Waals surface area contributed by atoms with Gasteiger partial charge < -0.3 is 19.7 Å². The van der Waals surface area contributed by atoms with Crippen LogP contribution in [0.5, 0.6) is 5.75 Å². The normalized spacial score (nSPS) is 14.9. The molecule has 22 heavy (non-hydrogen) atoms. The van der Waals surface area contributed by atoms with Crippen LogP contribution in [0.1, 0.15) is 23.7 Å². The lowest BCUT2D eigenvalue weighted by atomic mass is 10.1. The Morgan fingerprint density at radius 3 is 2.86 bits per heavy atom. The van der Waals surface area contributed by atoms with E-state index < -0.39 is 0 Å². The lowest BCUT2D eigenvalue weighted by Gasteiger charge is -2.21. The topological polar surface area (TPSA) is 50.8 Å². The molecule has 1 aromatic carbocycles. The molecule has 0 saturated carbocycles. The summed E-state index contributed by atoms with van der Waals surface area (Å²) in [7, 11) is 0. The molecule has 0 aliphatic carbocycles. The molecule has 1 saturated heterocycles. The average molecular weight is 329 g/mol. The maximum absolute atomic E-state index is 12.6. The van der Waals surface area contributed by atoms with Gasteiger partial charge in [-0.1, -0.05) is 12.1 Å². The molecule has 6 heteroatoms. The van der Waals surface area contributed by atoms with E-state index in [2.05, 4.69) is 5.32 Å². The quantitative estimate of drug-likeness (QED) is 0.811. The first kappa shape index (κ1) is 18.7. The maximum Gasteiger partial charge on any atom is 0.257 e. The first-order chi connectivity index (χ1) is 10.3. The first-order valence-corrected chi connectivity index (χ1v) is 7.62. The molecular formula is C16H25ClN2O3. The standard InChI is InChI=1S/C16H24N2O3.ClH/c1-2-20-12-13-21-15-7-4-3-6-14(15)16(19)18-10-5-8-17-9-11-18;/h3-4,6-7,17H,2,5,8-13H2,1H3;1H. The fraction of sp³-hybridized carbons (Fsp3) is 0.562. The summed E-state index contributed by atoms with van der Waals surface area (Å²) in [5.74, 6) is 0.685. The number of ether oxygens (including phenoxy) is 2. The van der Waals surface area contributed by atoms with E-state index in [1.54, 1.807) is 0 Å². The molecule has 1 heterocycles. The predicted molar refractivity (Wildman–Crippen MR) is 89.1 cm³/mol. The second kappa shape index (κ2) is 10.4. The highest BCUT2D eigenvalue weighted by Crippen LogP contribution is 2.20. The van der Waals surface area contributed by atoms with Crippen molar-refractivity contribution < 1.29 is 14.3 Å². The molecule has 1 N–H and O–H groups in total. The third-order valence-electron chi connectivity index (χ3n) is 3.43. The van der Waals surface area contributed by atoms with Crippen LogP contribution in [-0.2, 0) is 4.74 Å². The van der Waals surface area contributed by atoms with E-state index in [0.717, 1.165) is 32.6 Å². The van der Waals surface area contributed by atoms with Gasteiger partial charge in [0.2, 0.25) is 0 Å². The van der Waals surface area contributed by atoms with Crippen molar-refractivity contribution in [3.05, 3.63) is 29.8 Å². The number of carbonyl (C=O) groups is 1. The number of nitrogens with one attached hydrogen (secondary N) is 1. The zero-order valence-corrected chi connectivity index (χ0v) is 13.9. The molecule has 1 amide bonds. The molecule has 0 spiro atoms. The number of hydrogen-bond donors (Lipinski definition) is 1. The van der Waals surface area contributed by atoms with Crippen LogP contribution in [0.25, 0.3) is 0 Å². The summed E-state index contributed by atoms with van der Waals surface area (Å²) in [4.78, 5) is 14.5. The second-order valence-corrected chi connectivity index (χ2v) is 4.94. The van der Waals surface area contributed by atoms with Crippen molar-refractivity contribution in [2.24, 2.45) is 0 Å². The van der Waals surface area contributed by atoms with Crippen LogP contribution >= 0.6 is 12.4 Å². The van der Waals surface area contributed by atoms with E-state index in [0.29, 0.717) is 31.1 Å². The Kier molecular flexibility index (Phi) is 8.89. The van der Waals surface area contributed by atoms with E-state index in [4.69, 9.17) is 9.47 Å². The first-order valence-electron chi connectivity index (χ1n) is 7.62. The summed E-state index contributed by atoms with van der Waals surface area (Å²) in [6, 6.07) is 7.43. The van der Waals surface area contributed by atoms with E-state index >= 15 is 0 Å². The number of benzene rings is 1. The van der Waals surface area contributed by atoms with Crippen LogP contribution in [0.3, 0.4) is 0 Å². The van der Waals surface area contributed by atoms with Crippen molar-refractivity contribution in [3.8, 4) is 5.75 Å². The summed E-state index contributed by atoms with van der Waals surface area (Å²) in [6.45, 7) is 6.96. The smallest absolute Gasteiger partial charge is 0.257 e. The molecule has 0 unspecified atom stereocenters. The summed E-state index contributed by atoms with van der Waals surface area (Å²) >= 11 is 0. The van der Waals surface area contributed by atoms with Gasteiger partial charge in [-0.2, -0.15) is 0 Å². The minimum atomic E-state index is 0. The Morgan fingerprint density at radius 1 is 1.23 bits per heavy atom. The van der Waals surface area contributed by atoms with Gasteiger partial charge in [0.1, 0.15) is 12.4 Å². The highest BCUT2D eigenvalue weighted by atomic mass is 35.5. The monoisotopic (exact) mass is 328 g/mol. The van der Waals surface area contributed by atoms with Crippen molar-refractivity contribution in [2.45, 2.75) is 13.3 Å². The van der Waals surface area contributed by atoms with Crippen molar-refractivity contribution in [1.29, 1.82) is 0 Å². The Morgan fingerprint density at radius 2 is 2.05 bits per heavy atom. The lowest BCUT2D eigenvalue weighted by molar-refractivity contribution is 0.0755. The number of hydrogen-bond acceptors (Lipinski definition) is 4. The van der Waals surface area contributed by atoms with Gasteiger partial charge in [0.15, 0.2) is 0 Å². The number of halogens is 1. The summed E-state index contributed by atoms with van der Waals surface area (Å²) in [6.07, 6.45) is 0.985. The van der Waals surface area contributed by atoms with Gasteiger partial charge in [0, 0.05) is 26.2 Å². The summed E-state index contributed by atoms with van der Waals surface area (Å²) in [5.41, 5.74) is 0.635. The molecule has 1 aliphatic rings. The molecule has 0 atom stereocenters. The Bertz CT molecular complexity index is 449. The van der Waals surface area contributed by atoms with Crippen LogP contribution in [0, 0.1) is 0 Å². The number of carbonyl (C=O) groups excluding carboxylic acids is 1. The van der Waals surface area contributed by atoms with Gasteiger partial charge in [-0.05, 0) is 32.0 Å². The lowest BCUT2D eigenvalue weighted by Crippen LogP contribution is -2.34.